The molecule has 0 radical (unpaired) electrons. The first-order chi connectivity index (χ1) is 10.8. The molecular formula is C14H8ClF3N2O3. The Morgan fingerprint density at radius 3 is 2.57 bits per heavy atom. The van der Waals surface area contributed by atoms with Gasteiger partial charge in [-0.15, -0.1) is 0 Å². The van der Waals surface area contributed by atoms with Crippen molar-refractivity contribution in [2.24, 2.45) is 0 Å². The quantitative estimate of drug-likeness (QED) is 0.907. The summed E-state index contributed by atoms with van der Waals surface area (Å²) in [7, 11) is 0. The summed E-state index contributed by atoms with van der Waals surface area (Å²) < 4.78 is 48.3. The Bertz CT molecular complexity index is 846. The Kier molecular flexibility index (Phi) is 3.77. The highest BCUT2D eigenvalue weighted by molar-refractivity contribution is 6.32. The third-order valence-electron chi connectivity index (χ3n) is 3.00. The second-order valence-corrected chi connectivity index (χ2v) is 4.99. The molecule has 0 unspecified atom stereocenters. The third kappa shape index (κ3) is 3.31. The van der Waals surface area contributed by atoms with Gasteiger partial charge in [0.25, 0.3) is 0 Å². The average molecular weight is 345 g/mol. The van der Waals surface area contributed by atoms with E-state index in [0.29, 0.717) is 22.1 Å². The van der Waals surface area contributed by atoms with Crippen LogP contribution in [0.1, 0.15) is 17.0 Å². The summed E-state index contributed by atoms with van der Waals surface area (Å²) in [5.41, 5.74) is -1.91. The number of nitrogens with one attached hydrogen (secondary N) is 1. The lowest BCUT2D eigenvalue weighted by atomic mass is 10.1. The standard InChI is InChI=1S/C14H8ClF3N2O3/c15-9-5-11-10(22-6-23-11)3-7(9)1-2-8-4-12(14(16,17)18)20-13(21)19-8/h1-5H,6H2,(H,19,20,21)/b2-1+. The number of benzene rings is 1. The number of ether oxygens (including phenoxy) is 2. The number of nitrogens with zero attached hydrogens (tertiary/aromatic N) is 1. The first-order valence-corrected chi connectivity index (χ1v) is 6.66. The van der Waals surface area contributed by atoms with Crippen molar-refractivity contribution < 1.29 is 22.6 Å². The van der Waals surface area contributed by atoms with Crippen molar-refractivity contribution >= 4 is 23.8 Å². The number of alkyl halides is 3. The number of halogens is 4. The minimum Gasteiger partial charge on any atom is -0.454 e. The highest BCUT2D eigenvalue weighted by Crippen LogP contribution is 2.37. The lowest BCUT2D eigenvalue weighted by Gasteiger charge is -2.06. The fraction of sp³-hybridized carbons (Fsp3) is 0.143. The van der Waals surface area contributed by atoms with E-state index < -0.39 is 17.6 Å². The van der Waals surface area contributed by atoms with Gasteiger partial charge in [-0.25, -0.2) is 4.79 Å². The predicted octanol–water partition coefficient (Wildman–Crippen LogP) is 3.34. The van der Waals surface area contributed by atoms with E-state index in [-0.39, 0.29) is 12.5 Å². The maximum atomic E-state index is 12.7. The molecular weight excluding hydrogens is 337 g/mol. The molecule has 5 nitrogen and oxygen atoms in total. The highest BCUT2D eigenvalue weighted by atomic mass is 35.5. The van der Waals surface area contributed by atoms with Crippen molar-refractivity contribution in [2.45, 2.75) is 6.18 Å². The average Bonchev–Trinajstić information content (AvgIpc) is 2.90. The SMILES string of the molecule is O=c1nc(/C=C/c2cc3c(cc2Cl)OCO3)cc(C(F)(F)F)[nH]1. The first-order valence-electron chi connectivity index (χ1n) is 6.29. The molecule has 1 aromatic heterocycles. The monoisotopic (exact) mass is 344 g/mol. The predicted molar refractivity (Wildman–Crippen MR) is 76.4 cm³/mol. The molecule has 0 atom stereocenters. The molecule has 2 heterocycles. The zero-order chi connectivity index (χ0) is 16.6. The number of aromatic nitrogens is 2. The number of fused-ring (bicyclic) bond motifs is 1. The molecule has 9 heteroatoms. The second-order valence-electron chi connectivity index (χ2n) is 4.58. The minimum absolute atomic E-state index is 0.0728. The van der Waals surface area contributed by atoms with E-state index in [1.807, 2.05) is 0 Å². The van der Waals surface area contributed by atoms with Gasteiger partial charge in [0.15, 0.2) is 11.5 Å². The lowest BCUT2D eigenvalue weighted by molar-refractivity contribution is -0.141. The molecule has 1 aliphatic heterocycles. The maximum absolute atomic E-state index is 12.7. The Hall–Kier alpha value is -2.48. The fourth-order valence-electron chi connectivity index (χ4n) is 1.95. The molecule has 3 rings (SSSR count). The van der Waals surface area contributed by atoms with Gasteiger partial charge in [0.05, 0.1) is 10.7 Å². The molecule has 0 fully saturated rings. The van der Waals surface area contributed by atoms with E-state index in [2.05, 4.69) is 4.98 Å². The van der Waals surface area contributed by atoms with E-state index in [4.69, 9.17) is 21.1 Å². The van der Waals surface area contributed by atoms with Gasteiger partial charge in [-0.1, -0.05) is 17.7 Å². The molecule has 0 spiro atoms. The topological polar surface area (TPSA) is 64.2 Å². The van der Waals surface area contributed by atoms with Crippen LogP contribution >= 0.6 is 11.6 Å². The number of hydrogen-bond acceptors (Lipinski definition) is 4. The van der Waals surface area contributed by atoms with Crippen LogP contribution in [-0.4, -0.2) is 16.8 Å². The minimum atomic E-state index is -4.67. The summed E-state index contributed by atoms with van der Waals surface area (Å²) in [5, 5.41) is 0.325. The van der Waals surface area contributed by atoms with Gasteiger partial charge in [-0.05, 0) is 23.8 Å². The van der Waals surface area contributed by atoms with Gasteiger partial charge in [-0.3, -0.25) is 0 Å². The molecule has 1 aliphatic rings. The van der Waals surface area contributed by atoms with Gasteiger partial charge in [0.1, 0.15) is 5.69 Å². The Morgan fingerprint density at radius 1 is 1.17 bits per heavy atom. The molecule has 23 heavy (non-hydrogen) atoms. The van der Waals surface area contributed by atoms with Crippen molar-refractivity contribution in [1.29, 1.82) is 0 Å². The molecule has 0 amide bonds. The van der Waals surface area contributed by atoms with Gasteiger partial charge >= 0.3 is 11.9 Å². The van der Waals surface area contributed by atoms with Crippen molar-refractivity contribution in [3.8, 4) is 11.5 Å². The fourth-order valence-corrected chi connectivity index (χ4v) is 2.17. The number of hydrogen-bond donors (Lipinski definition) is 1. The summed E-state index contributed by atoms with van der Waals surface area (Å²) in [4.78, 5) is 16.3. The smallest absolute Gasteiger partial charge is 0.431 e. The molecule has 0 bridgehead atoms. The molecule has 2 aromatic rings. The molecule has 0 saturated carbocycles. The normalized spacial score (nSPS) is 13.7. The zero-order valence-electron chi connectivity index (χ0n) is 11.3. The van der Waals surface area contributed by atoms with Crippen LogP contribution in [-0.2, 0) is 6.18 Å². The van der Waals surface area contributed by atoms with Gasteiger partial charge in [-0.2, -0.15) is 18.2 Å². The Morgan fingerprint density at radius 2 is 1.87 bits per heavy atom. The van der Waals surface area contributed by atoms with E-state index in [1.165, 1.54) is 18.2 Å². The van der Waals surface area contributed by atoms with Crippen LogP contribution in [0, 0.1) is 0 Å². The second kappa shape index (κ2) is 5.62. The third-order valence-corrected chi connectivity index (χ3v) is 3.32. The summed E-state index contributed by atoms with van der Waals surface area (Å²) in [6.45, 7) is 0.0728. The summed E-state index contributed by atoms with van der Waals surface area (Å²) in [6, 6.07) is 3.85. The number of aromatic amines is 1. The number of rotatable bonds is 2. The van der Waals surface area contributed by atoms with Crippen LogP contribution < -0.4 is 15.2 Å². The van der Waals surface area contributed by atoms with Crippen molar-refractivity contribution in [1.82, 2.24) is 9.97 Å². The van der Waals surface area contributed by atoms with Crippen molar-refractivity contribution in [3.05, 3.63) is 50.7 Å². The van der Waals surface area contributed by atoms with Crippen molar-refractivity contribution in [2.75, 3.05) is 6.79 Å². The van der Waals surface area contributed by atoms with E-state index >= 15 is 0 Å². The summed E-state index contributed by atoms with van der Waals surface area (Å²) in [5.74, 6) is 0.963. The molecule has 120 valence electrons. The molecule has 1 N–H and O–H groups in total. The molecule has 0 saturated heterocycles. The Balaban J connectivity index is 1.95. The molecule has 1 aromatic carbocycles. The highest BCUT2D eigenvalue weighted by Gasteiger charge is 2.32. The van der Waals surface area contributed by atoms with Crippen LogP contribution in [0.15, 0.2) is 23.0 Å². The Labute approximate surface area is 132 Å². The lowest BCUT2D eigenvalue weighted by Crippen LogP contribution is -2.19. The van der Waals surface area contributed by atoms with Crippen molar-refractivity contribution in [3.63, 3.8) is 0 Å². The van der Waals surface area contributed by atoms with Gasteiger partial charge in [0.2, 0.25) is 6.79 Å². The largest absolute Gasteiger partial charge is 0.454 e. The summed E-state index contributed by atoms with van der Waals surface area (Å²) in [6.07, 6.45) is -1.97. The summed E-state index contributed by atoms with van der Waals surface area (Å²) >= 11 is 6.05. The van der Waals surface area contributed by atoms with Gasteiger partial charge < -0.3 is 14.5 Å². The zero-order valence-corrected chi connectivity index (χ0v) is 12.0. The number of H-pyrrole nitrogens is 1. The van der Waals surface area contributed by atoms with Crippen LogP contribution in [0.5, 0.6) is 11.5 Å². The van der Waals surface area contributed by atoms with Crippen LogP contribution in [0.3, 0.4) is 0 Å². The maximum Gasteiger partial charge on any atom is 0.431 e. The molecule has 0 aliphatic carbocycles. The van der Waals surface area contributed by atoms with E-state index in [0.717, 1.165) is 6.07 Å². The van der Waals surface area contributed by atoms with E-state index in [1.54, 1.807) is 11.1 Å². The van der Waals surface area contributed by atoms with E-state index in [9.17, 15) is 18.0 Å². The van der Waals surface area contributed by atoms with Crippen LogP contribution in [0.4, 0.5) is 13.2 Å². The first kappa shape index (κ1) is 15.4. The van der Waals surface area contributed by atoms with Gasteiger partial charge in [0, 0.05) is 6.07 Å². The van der Waals surface area contributed by atoms with Crippen LogP contribution in [0.2, 0.25) is 5.02 Å². The van der Waals surface area contributed by atoms with Crippen LogP contribution in [0.25, 0.3) is 12.2 Å².